The Bertz CT molecular complexity index is 756. The average molecular weight is 314 g/mol. The maximum Gasteiger partial charge on any atom is 0.257 e. The number of alkyl halides is 2. The molecular weight excluding hydrogens is 298 g/mol. The molecule has 0 spiro atoms. The Morgan fingerprint density at radius 3 is 2.74 bits per heavy atom. The van der Waals surface area contributed by atoms with Gasteiger partial charge in [0.05, 0.1) is 11.9 Å². The minimum Gasteiger partial charge on any atom is -0.378 e. The SMILES string of the molecule is FC(F)Cn1cc(NCc2cccc(-c3cccnc3)c2)cn1. The van der Waals surface area contributed by atoms with Crippen molar-refractivity contribution >= 4 is 5.69 Å². The van der Waals surface area contributed by atoms with Crippen LogP contribution in [-0.2, 0) is 13.1 Å². The number of aromatic nitrogens is 3. The molecule has 3 aromatic rings. The summed E-state index contributed by atoms with van der Waals surface area (Å²) in [6.07, 6.45) is 4.29. The van der Waals surface area contributed by atoms with E-state index in [1.807, 2.05) is 36.5 Å². The van der Waals surface area contributed by atoms with Gasteiger partial charge in [0.1, 0.15) is 6.54 Å². The smallest absolute Gasteiger partial charge is 0.257 e. The van der Waals surface area contributed by atoms with Crippen molar-refractivity contribution in [1.29, 1.82) is 0 Å². The molecule has 2 aromatic heterocycles. The number of hydrogen-bond donors (Lipinski definition) is 1. The predicted molar refractivity (Wildman–Crippen MR) is 85.2 cm³/mol. The van der Waals surface area contributed by atoms with Gasteiger partial charge in [0.15, 0.2) is 0 Å². The molecule has 2 heterocycles. The van der Waals surface area contributed by atoms with Crippen LogP contribution in [0.25, 0.3) is 11.1 Å². The molecule has 0 aliphatic carbocycles. The fourth-order valence-electron chi connectivity index (χ4n) is 2.29. The number of rotatable bonds is 6. The van der Waals surface area contributed by atoms with Crippen LogP contribution < -0.4 is 5.32 Å². The zero-order valence-electron chi connectivity index (χ0n) is 12.4. The number of nitrogens with one attached hydrogen (secondary N) is 1. The third kappa shape index (κ3) is 4.12. The molecule has 0 fully saturated rings. The fraction of sp³-hybridized carbons (Fsp3) is 0.176. The first-order valence-electron chi connectivity index (χ1n) is 7.24. The molecule has 0 saturated heterocycles. The van der Waals surface area contributed by atoms with E-state index in [0.29, 0.717) is 6.54 Å². The van der Waals surface area contributed by atoms with Crippen molar-refractivity contribution in [2.75, 3.05) is 5.32 Å². The van der Waals surface area contributed by atoms with Crippen molar-refractivity contribution in [2.45, 2.75) is 19.5 Å². The van der Waals surface area contributed by atoms with E-state index in [-0.39, 0.29) is 0 Å². The van der Waals surface area contributed by atoms with Crippen molar-refractivity contribution in [3.63, 3.8) is 0 Å². The van der Waals surface area contributed by atoms with Crippen molar-refractivity contribution in [3.05, 3.63) is 66.7 Å². The Morgan fingerprint density at radius 1 is 1.09 bits per heavy atom. The highest BCUT2D eigenvalue weighted by atomic mass is 19.3. The Kier molecular flexibility index (Phi) is 4.61. The number of pyridine rings is 1. The molecule has 118 valence electrons. The Labute approximate surface area is 132 Å². The van der Waals surface area contributed by atoms with Crippen molar-refractivity contribution in [1.82, 2.24) is 14.8 Å². The molecular formula is C17H16F2N4. The standard InChI is InChI=1S/C17H16F2N4/c18-17(19)12-23-11-16(10-22-23)21-8-13-3-1-4-14(7-13)15-5-2-6-20-9-15/h1-7,9-11,17,21H,8,12H2. The summed E-state index contributed by atoms with van der Waals surface area (Å²) in [6.45, 7) is 0.201. The van der Waals surface area contributed by atoms with Crippen molar-refractivity contribution in [2.24, 2.45) is 0 Å². The predicted octanol–water partition coefficient (Wildman–Crippen LogP) is 3.82. The summed E-state index contributed by atoms with van der Waals surface area (Å²) in [6, 6.07) is 12.0. The van der Waals surface area contributed by atoms with Crippen molar-refractivity contribution < 1.29 is 8.78 Å². The van der Waals surface area contributed by atoms with E-state index in [1.165, 1.54) is 4.68 Å². The zero-order valence-corrected chi connectivity index (χ0v) is 12.4. The second-order valence-electron chi connectivity index (χ2n) is 5.14. The van der Waals surface area contributed by atoms with Gasteiger partial charge in [-0.1, -0.05) is 24.3 Å². The Morgan fingerprint density at radius 2 is 1.96 bits per heavy atom. The van der Waals surface area contributed by atoms with Gasteiger partial charge in [-0.25, -0.2) is 8.78 Å². The highest BCUT2D eigenvalue weighted by molar-refractivity contribution is 5.63. The topological polar surface area (TPSA) is 42.7 Å². The van der Waals surface area contributed by atoms with Gasteiger partial charge in [-0.15, -0.1) is 0 Å². The monoisotopic (exact) mass is 314 g/mol. The maximum atomic E-state index is 12.3. The quantitative estimate of drug-likeness (QED) is 0.752. The highest BCUT2D eigenvalue weighted by Gasteiger charge is 2.06. The Balaban J connectivity index is 1.66. The lowest BCUT2D eigenvalue weighted by Crippen LogP contribution is -2.06. The number of hydrogen-bond acceptors (Lipinski definition) is 3. The number of halogens is 2. The molecule has 0 amide bonds. The number of nitrogens with zero attached hydrogens (tertiary/aromatic N) is 3. The lowest BCUT2D eigenvalue weighted by Gasteiger charge is -2.07. The lowest BCUT2D eigenvalue weighted by molar-refractivity contribution is 0.122. The molecule has 3 rings (SSSR count). The van der Waals surface area contributed by atoms with E-state index in [0.717, 1.165) is 22.4 Å². The maximum absolute atomic E-state index is 12.3. The molecule has 1 N–H and O–H groups in total. The first kappa shape index (κ1) is 15.1. The van der Waals surface area contributed by atoms with Gasteiger partial charge >= 0.3 is 0 Å². The van der Waals surface area contributed by atoms with E-state index in [4.69, 9.17) is 0 Å². The van der Waals surface area contributed by atoms with Crippen LogP contribution >= 0.6 is 0 Å². The number of benzene rings is 1. The molecule has 0 bridgehead atoms. The molecule has 0 saturated carbocycles. The second-order valence-corrected chi connectivity index (χ2v) is 5.14. The molecule has 0 atom stereocenters. The summed E-state index contributed by atoms with van der Waals surface area (Å²) >= 11 is 0. The van der Waals surface area contributed by atoms with Gasteiger partial charge in [-0.05, 0) is 28.8 Å². The summed E-state index contributed by atoms with van der Waals surface area (Å²) in [5.41, 5.74) is 3.95. The second kappa shape index (κ2) is 7.00. The van der Waals surface area contributed by atoms with Gasteiger partial charge in [0, 0.05) is 25.1 Å². The first-order valence-corrected chi connectivity index (χ1v) is 7.24. The molecule has 0 radical (unpaired) electrons. The summed E-state index contributed by atoms with van der Waals surface area (Å²) < 4.78 is 25.8. The van der Waals surface area contributed by atoms with Crippen LogP contribution in [0.1, 0.15) is 5.56 Å². The van der Waals surface area contributed by atoms with Crippen LogP contribution in [-0.4, -0.2) is 21.2 Å². The largest absolute Gasteiger partial charge is 0.378 e. The average Bonchev–Trinajstić information content (AvgIpc) is 3.01. The summed E-state index contributed by atoms with van der Waals surface area (Å²) in [4.78, 5) is 4.12. The van der Waals surface area contributed by atoms with Gasteiger partial charge in [0.2, 0.25) is 0 Å². The van der Waals surface area contributed by atoms with E-state index < -0.39 is 13.0 Å². The highest BCUT2D eigenvalue weighted by Crippen LogP contribution is 2.19. The van der Waals surface area contributed by atoms with E-state index in [1.54, 1.807) is 18.6 Å². The van der Waals surface area contributed by atoms with Crippen LogP contribution in [0, 0.1) is 0 Å². The van der Waals surface area contributed by atoms with Crippen LogP contribution in [0.15, 0.2) is 61.2 Å². The summed E-state index contributed by atoms with van der Waals surface area (Å²) in [7, 11) is 0. The molecule has 1 aromatic carbocycles. The summed E-state index contributed by atoms with van der Waals surface area (Å²) in [5, 5.41) is 7.09. The molecule has 0 aliphatic heterocycles. The molecule has 0 unspecified atom stereocenters. The molecule has 0 aliphatic rings. The van der Waals surface area contributed by atoms with Crippen LogP contribution in [0.5, 0.6) is 0 Å². The normalized spacial score (nSPS) is 10.9. The lowest BCUT2D eigenvalue weighted by atomic mass is 10.0. The zero-order chi connectivity index (χ0) is 16.1. The van der Waals surface area contributed by atoms with Gasteiger partial charge < -0.3 is 5.32 Å². The van der Waals surface area contributed by atoms with Crippen LogP contribution in [0.3, 0.4) is 0 Å². The third-order valence-electron chi connectivity index (χ3n) is 3.38. The Hall–Kier alpha value is -2.76. The van der Waals surface area contributed by atoms with Gasteiger partial charge in [-0.3, -0.25) is 9.67 Å². The van der Waals surface area contributed by atoms with Gasteiger partial charge in [0.25, 0.3) is 6.43 Å². The summed E-state index contributed by atoms with van der Waals surface area (Å²) in [5.74, 6) is 0. The number of anilines is 1. The molecule has 6 heteroatoms. The van der Waals surface area contributed by atoms with Crippen LogP contribution in [0.4, 0.5) is 14.5 Å². The van der Waals surface area contributed by atoms with E-state index in [2.05, 4.69) is 21.5 Å². The molecule has 23 heavy (non-hydrogen) atoms. The van der Waals surface area contributed by atoms with Crippen molar-refractivity contribution in [3.8, 4) is 11.1 Å². The van der Waals surface area contributed by atoms with Gasteiger partial charge in [-0.2, -0.15) is 5.10 Å². The first-order chi connectivity index (χ1) is 11.2. The minimum absolute atomic E-state index is 0.391. The van der Waals surface area contributed by atoms with E-state index >= 15 is 0 Å². The fourth-order valence-corrected chi connectivity index (χ4v) is 2.29. The van der Waals surface area contributed by atoms with Crippen LogP contribution in [0.2, 0.25) is 0 Å². The molecule has 4 nitrogen and oxygen atoms in total. The minimum atomic E-state index is -2.40. The third-order valence-corrected chi connectivity index (χ3v) is 3.38. The van der Waals surface area contributed by atoms with E-state index in [9.17, 15) is 8.78 Å².